The smallest absolute Gasteiger partial charge is 0.238 e. The van der Waals surface area contributed by atoms with Crippen LogP contribution in [0.15, 0.2) is 58.8 Å². The molecule has 44 nitrogen and oxygen atoms in total. The molecule has 2 aromatic heterocycles. The van der Waals surface area contributed by atoms with Crippen LogP contribution < -0.4 is 16.0 Å². The molecular formula is C73H113N5O39S6. The number of nitrogens with zero attached hydrogens (tertiary/aromatic N) is 2. The summed E-state index contributed by atoms with van der Waals surface area (Å²) in [6, 6.07) is 9.91. The molecule has 2 amide bonds. The minimum atomic E-state index is -2.30. The molecule has 21 aliphatic rings. The van der Waals surface area contributed by atoms with E-state index in [1.54, 1.807) is 30.6 Å². The average molecular weight is 1880 g/mol. The summed E-state index contributed by atoms with van der Waals surface area (Å²) in [5.74, 6) is -2.59. The maximum Gasteiger partial charge on any atom is 0.238 e. The van der Waals surface area contributed by atoms with Crippen LogP contribution in [0.1, 0.15) is 26.2 Å². The molecule has 700 valence electrons. The third-order valence-electron chi connectivity index (χ3n) is 21.1. The molecule has 50 heteroatoms. The van der Waals surface area contributed by atoms with Crippen molar-refractivity contribution in [2.45, 2.75) is 257 Å². The van der Waals surface area contributed by atoms with Gasteiger partial charge >= 0.3 is 0 Å². The second-order valence-corrected chi connectivity index (χ2v) is 36.8. The molecule has 22 N–H and O–H groups in total. The van der Waals surface area contributed by atoms with Gasteiger partial charge in [-0.2, -0.15) is 23.5 Å². The van der Waals surface area contributed by atoms with E-state index in [0.717, 1.165) is 28.5 Å². The molecule has 0 saturated carbocycles. The molecule has 0 aliphatic carbocycles. The number of thioether (sulfide) groups is 2. The van der Waals surface area contributed by atoms with Crippen LogP contribution in [-0.2, 0) is 95.0 Å². The summed E-state index contributed by atoms with van der Waals surface area (Å²) in [5.41, 5.74) is 0. The molecule has 0 radical (unpaired) electrons. The fraction of sp³-hybridized carbons (Fsp3) is 0.808. The van der Waals surface area contributed by atoms with Crippen molar-refractivity contribution in [2.75, 3.05) is 114 Å². The van der Waals surface area contributed by atoms with Crippen LogP contribution in [0, 0.1) is 5.92 Å². The molecule has 23 rings (SSSR count). The van der Waals surface area contributed by atoms with Gasteiger partial charge in [-0.1, -0.05) is 33.7 Å². The zero-order chi connectivity index (χ0) is 88.7. The van der Waals surface area contributed by atoms with Crippen molar-refractivity contribution in [1.82, 2.24) is 25.9 Å². The predicted octanol–water partition coefficient (Wildman–Crippen LogP) is -9.28. The van der Waals surface area contributed by atoms with Crippen LogP contribution in [0.4, 0.5) is 0 Å². The Balaban J connectivity index is 0.912. The maximum absolute atomic E-state index is 14.2. The minimum Gasteiger partial charge on any atom is -0.394 e. The Morgan fingerprint density at radius 2 is 0.691 bits per heavy atom. The number of amides is 2. The molecule has 21 fully saturated rings. The van der Waals surface area contributed by atoms with Crippen molar-refractivity contribution in [3.8, 4) is 0 Å². The zero-order valence-electron chi connectivity index (χ0n) is 66.6. The lowest BCUT2D eigenvalue weighted by Crippen LogP contribution is -2.68. The lowest BCUT2D eigenvalue weighted by Gasteiger charge is -2.50. The van der Waals surface area contributed by atoms with Crippen LogP contribution in [-0.4, -0.2) is 465 Å². The number of pyridine rings is 2. The largest absolute Gasteiger partial charge is 0.394 e. The summed E-state index contributed by atoms with van der Waals surface area (Å²) in [6.45, 7) is -3.37. The van der Waals surface area contributed by atoms with Crippen molar-refractivity contribution in [3.05, 3.63) is 48.8 Å². The molecule has 123 heavy (non-hydrogen) atoms. The third-order valence-corrected chi connectivity index (χ3v) is 28.0. The normalized spacial score (nSPS) is 39.4. The summed E-state index contributed by atoms with van der Waals surface area (Å²) in [6.07, 6.45) is -69.3. The van der Waals surface area contributed by atoms with Crippen molar-refractivity contribution in [2.24, 2.45) is 5.92 Å². The zero-order valence-corrected chi connectivity index (χ0v) is 71.5. The molecule has 21 saturated heterocycles. The Morgan fingerprint density at radius 3 is 0.992 bits per heavy atom. The monoisotopic (exact) mass is 1880 g/mol. The van der Waals surface area contributed by atoms with Gasteiger partial charge < -0.3 is 189 Å². The first-order valence-electron chi connectivity index (χ1n) is 39.8. The molecule has 21 aliphatic heterocycles. The van der Waals surface area contributed by atoms with Gasteiger partial charge in [0, 0.05) is 79.3 Å². The highest BCUT2D eigenvalue weighted by Gasteiger charge is 2.60. The molecular weight excluding hydrogens is 1760 g/mol. The Bertz CT molecular complexity index is 3460. The van der Waals surface area contributed by atoms with E-state index >= 15 is 0 Å². The lowest BCUT2D eigenvalue weighted by molar-refractivity contribution is -0.395. The van der Waals surface area contributed by atoms with Gasteiger partial charge in [-0.3, -0.25) is 19.2 Å². The number of aromatic nitrogens is 2. The average Bonchev–Trinajstić information content (AvgIpc) is 0.886. The number of aliphatic hydroxyl groups excluding tert-OH is 19. The van der Waals surface area contributed by atoms with E-state index in [-0.39, 0.29) is 81.8 Å². The van der Waals surface area contributed by atoms with Crippen molar-refractivity contribution in [3.63, 3.8) is 0 Å². The Hall–Kier alpha value is -2.76. The summed E-state index contributed by atoms with van der Waals surface area (Å²) in [5, 5.41) is 231. The molecule has 0 aromatic carbocycles. The van der Waals surface area contributed by atoms with Crippen LogP contribution in [0.2, 0.25) is 0 Å². The number of rotatable bonds is 37. The summed E-state index contributed by atoms with van der Waals surface area (Å²) < 4.78 is 95.5. The highest BCUT2D eigenvalue weighted by molar-refractivity contribution is 8.77. The number of ketones is 2. The number of hydrogen-bond acceptors (Lipinski definition) is 48. The fourth-order valence-electron chi connectivity index (χ4n) is 14.3. The molecule has 14 bridgehead atoms. The number of carbonyl (C=O) groups excluding carboxylic acids is 4. The number of ether oxygens (including phenoxy) is 16. The highest BCUT2D eigenvalue weighted by atomic mass is 33.1. The molecule has 14 unspecified atom stereocenters. The molecule has 2 aromatic rings. The number of carbonyl (C=O) groups is 4. The van der Waals surface area contributed by atoms with Gasteiger partial charge in [0.15, 0.2) is 44.0 Å². The van der Waals surface area contributed by atoms with Crippen LogP contribution >= 0.6 is 66.7 Å². The topological polar surface area (TPSA) is 662 Å². The van der Waals surface area contributed by atoms with Gasteiger partial charge in [-0.15, -0.1) is 0 Å². The van der Waals surface area contributed by atoms with Crippen LogP contribution in [0.5, 0.6) is 0 Å². The van der Waals surface area contributed by atoms with Crippen molar-refractivity contribution >= 4 is 90.1 Å². The first-order chi connectivity index (χ1) is 59.1. The molecule has 23 heterocycles. The molecule has 37 atom stereocenters. The fourth-order valence-corrected chi connectivity index (χ4v) is 20.3. The van der Waals surface area contributed by atoms with Gasteiger partial charge in [0.05, 0.1) is 83.6 Å². The van der Waals surface area contributed by atoms with E-state index in [9.17, 15) is 116 Å². The summed E-state index contributed by atoms with van der Waals surface area (Å²) in [7, 11) is 7.12. The standard InChI is InChI=1S/C73H113N5O39S6/c1-31(84)9-15-102-17-18-103-16-10-33(85)21-32(65(100)77-13-19-120-122-42-7-3-5-11-75-42)27-118-29-40-63-49(91)56(98)72(109-40)114-61-38(25-82)105-69(52(94)45(61)87)113-60-37(24-81)108-71(55(97)48(60)90)117-64-41(30-119-28-34(74-2)66(101)78-14-20-121-123-43-8-4-6-12-76-43)110-73(57(99)50(64)92)115-62-39(26-83)106-68(53(95)46(62)88)111-58-35(22-79)104-67(51(93)44(58)86)112-59-36(23-80)107-70(116-63)54(96)47(59)89/h3-8,11-12,32,34-41,44-64,67-74,79-83,86-99H,9-10,13-30H2,1-2H3,(H,77,100)(H,78,101)/t32-,34-,35?,36?,37?,38?,39?,40?,41?,44-,45-,46-,47-,48-,49+,50-,51?,52?,53?,54?,55?,56?,57?,58-,59-,60-,61-,62-,63-,64-,67-,68-,69+,70-,71+,72-,73+/m1/s1. The summed E-state index contributed by atoms with van der Waals surface area (Å²) >= 11 is 1.96. The number of aliphatic hydroxyl groups is 19. The van der Waals surface area contributed by atoms with Crippen LogP contribution in [0.25, 0.3) is 0 Å². The van der Waals surface area contributed by atoms with E-state index in [1.165, 1.54) is 57.1 Å². The second kappa shape index (κ2) is 50.8. The first-order valence-corrected chi connectivity index (χ1v) is 46.8. The van der Waals surface area contributed by atoms with Crippen molar-refractivity contribution < 1.29 is 192 Å². The number of likely N-dealkylation sites (N-methyl/N-ethyl adjacent to an activating group) is 1. The quantitative estimate of drug-likeness (QED) is 0.0221. The SMILES string of the molecule is CN[C@H](CSCC1O[C@H]2O[C@@H]3C(CO)O[C@H](O[C@@H]4C(CO)O[C@H](O[C@@H]5C(CO)O[C@H](O[C@@H]6C(CSC[C@@H](CC(=O)CCOCCOCCC(C)=O)C(=O)NCCSSc7ccccn7)O[C@H](O[C@@H]7C(CO)O[C@@H](O[C@@H]8C(CO)O[C@@H](O[C@H]1[C@H](O)C2O)C(O)[C@H]8O)C(O)[C@H]7O)C(O)[C@@H]6O)C(O)[C@H]5O)C(O)[C@H]4O)C(O)[C@H]3O)C(=O)NCCSSc1ccccn1. The van der Waals surface area contributed by atoms with E-state index < -0.39 is 283 Å². The van der Waals surface area contributed by atoms with E-state index in [4.69, 9.17) is 75.8 Å². The highest BCUT2D eigenvalue weighted by Crippen LogP contribution is 2.41. The predicted molar refractivity (Wildman–Crippen MR) is 428 cm³/mol. The van der Waals surface area contributed by atoms with E-state index in [1.807, 2.05) is 18.2 Å². The van der Waals surface area contributed by atoms with Crippen molar-refractivity contribution in [1.29, 1.82) is 0 Å². The number of hydrogen-bond donors (Lipinski definition) is 22. The Morgan fingerprint density at radius 1 is 0.390 bits per heavy atom. The van der Waals surface area contributed by atoms with Gasteiger partial charge in [0.25, 0.3) is 0 Å². The molecule has 0 spiro atoms. The Labute approximate surface area is 730 Å². The Kier molecular flexibility index (Phi) is 42.2. The summed E-state index contributed by atoms with van der Waals surface area (Å²) in [4.78, 5) is 61.3. The second-order valence-electron chi connectivity index (χ2n) is 29.8. The van der Waals surface area contributed by atoms with E-state index in [2.05, 4.69) is 25.9 Å². The number of Topliss-reactive ketones (excluding diaryl/α,β-unsaturated/α-hetero) is 2. The first kappa shape index (κ1) is 102. The van der Waals surface area contributed by atoms with Gasteiger partial charge in [0.2, 0.25) is 11.8 Å². The third kappa shape index (κ3) is 27.5. The van der Waals surface area contributed by atoms with Gasteiger partial charge in [-0.05, 0) is 59.8 Å². The van der Waals surface area contributed by atoms with Crippen LogP contribution in [0.3, 0.4) is 0 Å². The minimum absolute atomic E-state index is 0.0233. The number of nitrogens with one attached hydrogen (secondary N) is 3. The van der Waals surface area contributed by atoms with E-state index in [0.29, 0.717) is 16.5 Å². The van der Waals surface area contributed by atoms with Gasteiger partial charge in [-0.25, -0.2) is 9.97 Å². The lowest BCUT2D eigenvalue weighted by atomic mass is 9.95. The van der Waals surface area contributed by atoms with Gasteiger partial charge in [0.1, 0.15) is 180 Å². The maximum atomic E-state index is 14.2.